The largest absolute Gasteiger partial charge is 0.320 e. The van der Waals surface area contributed by atoms with E-state index in [9.17, 15) is 4.79 Å². The van der Waals surface area contributed by atoms with Gasteiger partial charge in [0.1, 0.15) is 0 Å². The molecule has 0 bridgehead atoms. The van der Waals surface area contributed by atoms with E-state index < -0.39 is 0 Å². The molecule has 0 aliphatic heterocycles. The molecule has 0 aliphatic carbocycles. The minimum atomic E-state index is -0.370. The molecule has 0 saturated heterocycles. The summed E-state index contributed by atoms with van der Waals surface area (Å²) in [5, 5.41) is 4.34. The number of pyridine rings is 1. The summed E-state index contributed by atoms with van der Waals surface area (Å²) in [5.74, 6) is -0.370. The van der Waals surface area contributed by atoms with Crippen LogP contribution < -0.4 is 5.32 Å². The maximum absolute atomic E-state index is 12.5. The third kappa shape index (κ3) is 2.82. The van der Waals surface area contributed by atoms with E-state index in [2.05, 4.69) is 26.2 Å². The minimum Gasteiger partial charge on any atom is -0.320 e. The highest BCUT2D eigenvalue weighted by Crippen LogP contribution is 2.30. The Morgan fingerprint density at radius 1 is 1.05 bits per heavy atom. The van der Waals surface area contributed by atoms with Gasteiger partial charge in [0.25, 0.3) is 5.91 Å². The van der Waals surface area contributed by atoms with Crippen LogP contribution >= 0.6 is 39.1 Å². The molecule has 3 aromatic rings. The number of carbonyl (C=O) groups excluding carboxylic acids is 1. The molecule has 0 radical (unpaired) electrons. The summed E-state index contributed by atoms with van der Waals surface area (Å²) in [7, 11) is 0. The quantitative estimate of drug-likeness (QED) is 0.617. The van der Waals surface area contributed by atoms with Crippen molar-refractivity contribution in [1.82, 2.24) is 4.98 Å². The van der Waals surface area contributed by atoms with Crippen LogP contribution in [0.15, 0.2) is 53.1 Å². The van der Waals surface area contributed by atoms with Crippen molar-refractivity contribution < 1.29 is 4.79 Å². The molecular formula is C16H9BrCl2N2O. The van der Waals surface area contributed by atoms with Crippen molar-refractivity contribution in [3.8, 4) is 0 Å². The van der Waals surface area contributed by atoms with Crippen molar-refractivity contribution in [3.05, 3.63) is 68.7 Å². The van der Waals surface area contributed by atoms with Gasteiger partial charge in [0.2, 0.25) is 0 Å². The topological polar surface area (TPSA) is 42.0 Å². The Morgan fingerprint density at radius 3 is 2.50 bits per heavy atom. The predicted octanol–water partition coefficient (Wildman–Crippen LogP) is 5.56. The molecule has 110 valence electrons. The van der Waals surface area contributed by atoms with Gasteiger partial charge in [-0.15, -0.1) is 0 Å². The van der Waals surface area contributed by atoms with Crippen LogP contribution in [0.3, 0.4) is 0 Å². The number of benzene rings is 2. The summed E-state index contributed by atoms with van der Waals surface area (Å²) in [6.07, 6.45) is 1.67. The third-order valence-corrected chi connectivity index (χ3v) is 4.48. The smallest absolute Gasteiger partial charge is 0.258 e. The number of rotatable bonds is 2. The first-order valence-corrected chi connectivity index (χ1v) is 7.91. The Bertz CT molecular complexity index is 863. The molecule has 3 rings (SSSR count). The van der Waals surface area contributed by atoms with E-state index in [0.29, 0.717) is 21.2 Å². The summed E-state index contributed by atoms with van der Waals surface area (Å²) in [4.78, 5) is 16.8. The van der Waals surface area contributed by atoms with Crippen LogP contribution in [0.4, 0.5) is 5.69 Å². The van der Waals surface area contributed by atoms with Crippen molar-refractivity contribution >= 4 is 61.6 Å². The van der Waals surface area contributed by atoms with Crippen LogP contribution in [0.1, 0.15) is 10.4 Å². The second-order valence-corrected chi connectivity index (χ2v) is 6.21. The first-order valence-electron chi connectivity index (χ1n) is 6.36. The van der Waals surface area contributed by atoms with E-state index >= 15 is 0 Å². The van der Waals surface area contributed by atoms with Crippen molar-refractivity contribution in [2.24, 2.45) is 0 Å². The predicted molar refractivity (Wildman–Crippen MR) is 93.9 cm³/mol. The number of aromatic nitrogens is 1. The monoisotopic (exact) mass is 394 g/mol. The standard InChI is InChI=1S/C16H9BrCl2N2O/c17-10-6-7-13(15-9(10)3-2-8-20-15)21-16(22)14-11(18)4-1-5-12(14)19/h1-8H,(H,21,22). The molecule has 0 spiro atoms. The Hall–Kier alpha value is -1.62. The Kier molecular flexibility index (Phi) is 4.34. The van der Waals surface area contributed by atoms with Gasteiger partial charge in [-0.25, -0.2) is 0 Å². The number of hydrogen-bond donors (Lipinski definition) is 1. The maximum Gasteiger partial charge on any atom is 0.258 e. The number of fused-ring (bicyclic) bond motifs is 1. The molecule has 6 heteroatoms. The Morgan fingerprint density at radius 2 is 1.77 bits per heavy atom. The molecule has 1 N–H and O–H groups in total. The molecule has 1 heterocycles. The van der Waals surface area contributed by atoms with E-state index in [1.165, 1.54) is 0 Å². The van der Waals surface area contributed by atoms with Gasteiger partial charge in [0.05, 0.1) is 26.8 Å². The molecule has 1 amide bonds. The molecule has 0 fully saturated rings. The lowest BCUT2D eigenvalue weighted by Gasteiger charge is -2.11. The highest BCUT2D eigenvalue weighted by molar-refractivity contribution is 9.10. The number of anilines is 1. The van der Waals surface area contributed by atoms with E-state index in [1.54, 1.807) is 30.5 Å². The molecule has 1 aromatic heterocycles. The molecule has 0 saturated carbocycles. The van der Waals surface area contributed by atoms with Crippen LogP contribution in [0.25, 0.3) is 10.9 Å². The maximum atomic E-state index is 12.5. The third-order valence-electron chi connectivity index (χ3n) is 3.15. The van der Waals surface area contributed by atoms with Gasteiger partial charge in [-0.2, -0.15) is 0 Å². The molecule has 0 unspecified atom stereocenters. The summed E-state index contributed by atoms with van der Waals surface area (Å²) in [6, 6.07) is 12.3. The van der Waals surface area contributed by atoms with Gasteiger partial charge in [-0.05, 0) is 30.3 Å². The molecule has 2 aromatic carbocycles. The lowest BCUT2D eigenvalue weighted by Crippen LogP contribution is -2.13. The highest BCUT2D eigenvalue weighted by Gasteiger charge is 2.16. The molecule has 3 nitrogen and oxygen atoms in total. The first kappa shape index (κ1) is 15.3. The number of nitrogens with zero attached hydrogens (tertiary/aromatic N) is 1. The fourth-order valence-electron chi connectivity index (χ4n) is 2.14. The second kappa shape index (κ2) is 6.24. The first-order chi connectivity index (χ1) is 10.6. The van der Waals surface area contributed by atoms with E-state index in [4.69, 9.17) is 23.2 Å². The van der Waals surface area contributed by atoms with Crippen molar-refractivity contribution in [3.63, 3.8) is 0 Å². The Balaban J connectivity index is 2.04. The van der Waals surface area contributed by atoms with E-state index in [1.807, 2.05) is 18.2 Å². The summed E-state index contributed by atoms with van der Waals surface area (Å²) in [5.41, 5.74) is 1.53. The zero-order valence-corrected chi connectivity index (χ0v) is 14.2. The zero-order valence-electron chi connectivity index (χ0n) is 11.1. The van der Waals surface area contributed by atoms with Gasteiger partial charge >= 0.3 is 0 Å². The van der Waals surface area contributed by atoms with Crippen LogP contribution in [0, 0.1) is 0 Å². The average Bonchev–Trinajstić information content (AvgIpc) is 2.50. The van der Waals surface area contributed by atoms with E-state index in [0.717, 1.165) is 9.86 Å². The molecule has 22 heavy (non-hydrogen) atoms. The number of carbonyl (C=O) groups is 1. The number of halogens is 3. The Labute approximate surface area is 145 Å². The van der Waals surface area contributed by atoms with Crippen LogP contribution in [0.5, 0.6) is 0 Å². The lowest BCUT2D eigenvalue weighted by atomic mass is 10.1. The van der Waals surface area contributed by atoms with E-state index in [-0.39, 0.29) is 11.5 Å². The minimum absolute atomic E-state index is 0.248. The summed E-state index contributed by atoms with van der Waals surface area (Å²) >= 11 is 15.6. The average molecular weight is 396 g/mol. The van der Waals surface area contributed by atoms with Crippen LogP contribution in [-0.2, 0) is 0 Å². The van der Waals surface area contributed by atoms with Gasteiger partial charge in [0.15, 0.2) is 0 Å². The van der Waals surface area contributed by atoms with Gasteiger partial charge in [-0.3, -0.25) is 9.78 Å². The molecule has 0 aliphatic rings. The van der Waals surface area contributed by atoms with Crippen molar-refractivity contribution in [1.29, 1.82) is 0 Å². The molecular weight excluding hydrogens is 387 g/mol. The van der Waals surface area contributed by atoms with Crippen LogP contribution in [-0.4, -0.2) is 10.9 Å². The summed E-state index contributed by atoms with van der Waals surface area (Å²) < 4.78 is 0.907. The van der Waals surface area contributed by atoms with Crippen molar-refractivity contribution in [2.45, 2.75) is 0 Å². The zero-order chi connectivity index (χ0) is 15.7. The highest BCUT2D eigenvalue weighted by atomic mass is 79.9. The lowest BCUT2D eigenvalue weighted by molar-refractivity contribution is 0.102. The normalized spacial score (nSPS) is 10.7. The van der Waals surface area contributed by atoms with Gasteiger partial charge in [-0.1, -0.05) is 51.3 Å². The number of nitrogens with one attached hydrogen (secondary N) is 1. The molecule has 0 atom stereocenters. The van der Waals surface area contributed by atoms with Crippen LogP contribution in [0.2, 0.25) is 10.0 Å². The van der Waals surface area contributed by atoms with Gasteiger partial charge in [0, 0.05) is 16.1 Å². The SMILES string of the molecule is O=C(Nc1ccc(Br)c2cccnc12)c1c(Cl)cccc1Cl. The van der Waals surface area contributed by atoms with Crippen molar-refractivity contribution in [2.75, 3.05) is 5.32 Å². The number of amides is 1. The van der Waals surface area contributed by atoms with Gasteiger partial charge < -0.3 is 5.32 Å². The fourth-order valence-corrected chi connectivity index (χ4v) is 3.16. The number of hydrogen-bond acceptors (Lipinski definition) is 2. The fraction of sp³-hybridized carbons (Fsp3) is 0. The second-order valence-electron chi connectivity index (χ2n) is 4.55. The summed E-state index contributed by atoms with van der Waals surface area (Å²) in [6.45, 7) is 0.